The Kier molecular flexibility index (Phi) is 1.93. The molecule has 0 fully saturated rings. The smallest absolute Gasteiger partial charge is 0.122 e. The molecule has 0 aliphatic heterocycles. The topological polar surface area (TPSA) is 62.8 Å². The standard InChI is InChI=1S/C11H11N3/c1-7-4-5-14-10-6-8(11(12)13)2-3-9(7)10/h2-6H,1H3,(H3,12,13). The van der Waals surface area contributed by atoms with Gasteiger partial charge in [0.05, 0.1) is 5.52 Å². The van der Waals surface area contributed by atoms with Gasteiger partial charge in [0.15, 0.2) is 0 Å². The first kappa shape index (κ1) is 8.69. The maximum atomic E-state index is 7.31. The van der Waals surface area contributed by atoms with Crippen molar-refractivity contribution in [1.29, 1.82) is 5.41 Å². The Labute approximate surface area is 82.1 Å². The molecule has 0 aliphatic carbocycles. The predicted octanol–water partition coefficient (Wildman–Crippen LogP) is 1.83. The first-order valence-corrected chi connectivity index (χ1v) is 4.38. The summed E-state index contributed by atoms with van der Waals surface area (Å²) in [5.74, 6) is 0.0789. The first-order chi connectivity index (χ1) is 6.68. The molecule has 1 heterocycles. The number of aryl methyl sites for hydroxylation is 1. The van der Waals surface area contributed by atoms with Crippen LogP contribution in [0.1, 0.15) is 11.1 Å². The molecule has 0 unspecified atom stereocenters. The van der Waals surface area contributed by atoms with E-state index in [9.17, 15) is 0 Å². The van der Waals surface area contributed by atoms with E-state index >= 15 is 0 Å². The lowest BCUT2D eigenvalue weighted by atomic mass is 10.1. The molecule has 0 saturated carbocycles. The number of amidine groups is 1. The third-order valence-electron chi connectivity index (χ3n) is 2.27. The lowest BCUT2D eigenvalue weighted by Gasteiger charge is -2.03. The zero-order valence-electron chi connectivity index (χ0n) is 7.91. The van der Waals surface area contributed by atoms with Gasteiger partial charge in [-0.15, -0.1) is 0 Å². The van der Waals surface area contributed by atoms with Crippen LogP contribution in [-0.4, -0.2) is 10.8 Å². The van der Waals surface area contributed by atoms with Gasteiger partial charge in [0, 0.05) is 17.1 Å². The third kappa shape index (κ3) is 1.33. The lowest BCUT2D eigenvalue weighted by molar-refractivity contribution is 1.36. The quantitative estimate of drug-likeness (QED) is 0.526. The average Bonchev–Trinajstić information content (AvgIpc) is 2.17. The van der Waals surface area contributed by atoms with Crippen molar-refractivity contribution < 1.29 is 0 Å². The van der Waals surface area contributed by atoms with E-state index in [0.29, 0.717) is 0 Å². The fourth-order valence-corrected chi connectivity index (χ4v) is 1.46. The van der Waals surface area contributed by atoms with Gasteiger partial charge >= 0.3 is 0 Å². The Morgan fingerprint density at radius 1 is 1.36 bits per heavy atom. The van der Waals surface area contributed by atoms with Crippen LogP contribution in [0.4, 0.5) is 0 Å². The molecule has 0 radical (unpaired) electrons. The van der Waals surface area contributed by atoms with Crippen LogP contribution in [0.3, 0.4) is 0 Å². The van der Waals surface area contributed by atoms with E-state index in [0.717, 1.165) is 16.5 Å². The van der Waals surface area contributed by atoms with Gasteiger partial charge in [-0.3, -0.25) is 10.4 Å². The van der Waals surface area contributed by atoms with E-state index in [2.05, 4.69) is 4.98 Å². The molecule has 2 rings (SSSR count). The van der Waals surface area contributed by atoms with Crippen molar-refractivity contribution in [2.45, 2.75) is 6.92 Å². The number of benzene rings is 1. The number of pyridine rings is 1. The number of hydrogen-bond acceptors (Lipinski definition) is 2. The minimum atomic E-state index is 0.0789. The zero-order chi connectivity index (χ0) is 10.1. The normalized spacial score (nSPS) is 10.4. The summed E-state index contributed by atoms with van der Waals surface area (Å²) in [6, 6.07) is 7.61. The van der Waals surface area contributed by atoms with Gasteiger partial charge in [0.1, 0.15) is 5.84 Å². The van der Waals surface area contributed by atoms with Crippen molar-refractivity contribution in [3.05, 3.63) is 41.6 Å². The number of nitrogens with zero attached hydrogens (tertiary/aromatic N) is 1. The molecule has 70 valence electrons. The van der Waals surface area contributed by atoms with Gasteiger partial charge in [-0.05, 0) is 24.6 Å². The van der Waals surface area contributed by atoms with Crippen molar-refractivity contribution >= 4 is 16.7 Å². The minimum Gasteiger partial charge on any atom is -0.384 e. The van der Waals surface area contributed by atoms with Gasteiger partial charge in [0.2, 0.25) is 0 Å². The zero-order valence-corrected chi connectivity index (χ0v) is 7.91. The van der Waals surface area contributed by atoms with Gasteiger partial charge in [-0.2, -0.15) is 0 Å². The SMILES string of the molecule is Cc1ccnc2cc(C(=N)N)ccc12. The molecule has 0 bridgehead atoms. The molecular weight excluding hydrogens is 174 g/mol. The summed E-state index contributed by atoms with van der Waals surface area (Å²) < 4.78 is 0. The molecule has 0 saturated heterocycles. The van der Waals surface area contributed by atoms with Gasteiger partial charge in [0.25, 0.3) is 0 Å². The van der Waals surface area contributed by atoms with Gasteiger partial charge < -0.3 is 5.73 Å². The summed E-state index contributed by atoms with van der Waals surface area (Å²) in [4.78, 5) is 4.23. The second kappa shape index (κ2) is 3.10. The fraction of sp³-hybridized carbons (Fsp3) is 0.0909. The first-order valence-electron chi connectivity index (χ1n) is 4.38. The van der Waals surface area contributed by atoms with Crippen LogP contribution in [0, 0.1) is 12.3 Å². The molecule has 1 aromatic heterocycles. The third-order valence-corrected chi connectivity index (χ3v) is 2.27. The Morgan fingerprint density at radius 2 is 2.14 bits per heavy atom. The van der Waals surface area contributed by atoms with Gasteiger partial charge in [-0.1, -0.05) is 12.1 Å². The summed E-state index contributed by atoms with van der Waals surface area (Å²) >= 11 is 0. The summed E-state index contributed by atoms with van der Waals surface area (Å²) in [5.41, 5.74) is 8.19. The number of hydrogen-bond donors (Lipinski definition) is 2. The molecule has 3 nitrogen and oxygen atoms in total. The highest BCUT2D eigenvalue weighted by molar-refractivity contribution is 5.98. The number of aromatic nitrogens is 1. The van der Waals surface area contributed by atoms with E-state index < -0.39 is 0 Å². The predicted molar refractivity (Wildman–Crippen MR) is 57.5 cm³/mol. The summed E-state index contributed by atoms with van der Waals surface area (Å²) in [7, 11) is 0. The maximum absolute atomic E-state index is 7.31. The molecule has 0 atom stereocenters. The highest BCUT2D eigenvalue weighted by atomic mass is 14.7. The lowest BCUT2D eigenvalue weighted by Crippen LogP contribution is -2.10. The second-order valence-electron chi connectivity index (χ2n) is 3.27. The van der Waals surface area contributed by atoms with E-state index in [1.165, 1.54) is 5.56 Å². The Bertz CT molecular complexity index is 503. The second-order valence-corrected chi connectivity index (χ2v) is 3.27. The van der Waals surface area contributed by atoms with E-state index in [4.69, 9.17) is 11.1 Å². The molecule has 2 aromatic rings. The number of nitrogen functional groups attached to an aromatic ring is 1. The summed E-state index contributed by atoms with van der Waals surface area (Å²) in [5, 5.41) is 8.42. The van der Waals surface area contributed by atoms with Crippen molar-refractivity contribution in [2.24, 2.45) is 5.73 Å². The fourth-order valence-electron chi connectivity index (χ4n) is 1.46. The highest BCUT2D eigenvalue weighted by Crippen LogP contribution is 2.16. The molecule has 0 amide bonds. The molecule has 3 N–H and O–H groups in total. The number of fused-ring (bicyclic) bond motifs is 1. The summed E-state index contributed by atoms with van der Waals surface area (Å²) in [6.45, 7) is 2.04. The average molecular weight is 185 g/mol. The van der Waals surface area contributed by atoms with Crippen LogP contribution in [0.5, 0.6) is 0 Å². The minimum absolute atomic E-state index is 0.0789. The highest BCUT2D eigenvalue weighted by Gasteiger charge is 2.01. The Hall–Kier alpha value is -1.90. The summed E-state index contributed by atoms with van der Waals surface area (Å²) in [6.07, 6.45) is 1.77. The molecule has 0 spiro atoms. The largest absolute Gasteiger partial charge is 0.384 e. The van der Waals surface area contributed by atoms with E-state index in [-0.39, 0.29) is 5.84 Å². The van der Waals surface area contributed by atoms with Crippen molar-refractivity contribution in [3.63, 3.8) is 0 Å². The number of nitrogens with one attached hydrogen (secondary N) is 1. The van der Waals surface area contributed by atoms with E-state index in [1.807, 2.05) is 31.2 Å². The van der Waals surface area contributed by atoms with Gasteiger partial charge in [-0.25, -0.2) is 0 Å². The van der Waals surface area contributed by atoms with Crippen molar-refractivity contribution in [1.82, 2.24) is 4.98 Å². The molecule has 14 heavy (non-hydrogen) atoms. The van der Waals surface area contributed by atoms with Crippen LogP contribution < -0.4 is 5.73 Å². The van der Waals surface area contributed by atoms with Crippen LogP contribution in [-0.2, 0) is 0 Å². The Morgan fingerprint density at radius 3 is 2.86 bits per heavy atom. The molecule has 1 aromatic carbocycles. The molecule has 0 aliphatic rings. The van der Waals surface area contributed by atoms with Crippen molar-refractivity contribution in [3.8, 4) is 0 Å². The van der Waals surface area contributed by atoms with Crippen LogP contribution >= 0.6 is 0 Å². The Balaban J connectivity index is 2.73. The number of rotatable bonds is 1. The van der Waals surface area contributed by atoms with E-state index in [1.54, 1.807) is 6.20 Å². The van der Waals surface area contributed by atoms with Crippen LogP contribution in [0.15, 0.2) is 30.5 Å². The maximum Gasteiger partial charge on any atom is 0.122 e. The molecule has 3 heteroatoms. The van der Waals surface area contributed by atoms with Crippen molar-refractivity contribution in [2.75, 3.05) is 0 Å². The van der Waals surface area contributed by atoms with Crippen LogP contribution in [0.25, 0.3) is 10.9 Å². The molecular formula is C11H11N3. The number of nitrogens with two attached hydrogens (primary N) is 1. The monoisotopic (exact) mass is 185 g/mol. The van der Waals surface area contributed by atoms with Crippen LogP contribution in [0.2, 0.25) is 0 Å².